The van der Waals surface area contributed by atoms with Crippen molar-refractivity contribution in [2.75, 3.05) is 5.73 Å². The van der Waals surface area contributed by atoms with Gasteiger partial charge in [-0.1, -0.05) is 36.4 Å². The predicted molar refractivity (Wildman–Crippen MR) is 84.4 cm³/mol. The number of nitrogens with one attached hydrogen (secondary N) is 1. The molecule has 2 aromatic carbocycles. The van der Waals surface area contributed by atoms with Crippen LogP contribution in [0.3, 0.4) is 0 Å². The van der Waals surface area contributed by atoms with Gasteiger partial charge in [0, 0.05) is 6.42 Å². The number of aromatic amines is 1. The average molecular weight is 296 g/mol. The number of aryl methyl sites for hydroxylation is 1. The molecule has 5 heteroatoms. The largest absolute Gasteiger partial charge is 0.481 e. The SMILES string of the molecule is Nc1[nH]c2cc(CCC(=O)O)ccc2[n+]1Cc1ccccc1. The molecule has 4 N–H and O–H groups in total. The maximum absolute atomic E-state index is 10.7. The van der Waals surface area contributed by atoms with Crippen LogP contribution >= 0.6 is 0 Å². The first-order chi connectivity index (χ1) is 10.6. The van der Waals surface area contributed by atoms with Crippen LogP contribution < -0.4 is 10.3 Å². The summed E-state index contributed by atoms with van der Waals surface area (Å²) >= 11 is 0. The minimum absolute atomic E-state index is 0.131. The zero-order valence-electron chi connectivity index (χ0n) is 12.1. The molecule has 0 amide bonds. The molecule has 5 nitrogen and oxygen atoms in total. The summed E-state index contributed by atoms with van der Waals surface area (Å²) in [6, 6.07) is 16.0. The third-order valence-electron chi connectivity index (χ3n) is 3.72. The molecule has 0 saturated heterocycles. The minimum atomic E-state index is -0.787. The van der Waals surface area contributed by atoms with Crippen LogP contribution in [0.2, 0.25) is 0 Å². The number of hydrogen-bond acceptors (Lipinski definition) is 2. The number of nitrogen functional groups attached to an aromatic ring is 1. The Morgan fingerprint density at radius 3 is 2.64 bits per heavy atom. The molecule has 1 heterocycles. The van der Waals surface area contributed by atoms with E-state index < -0.39 is 5.97 Å². The molecule has 0 saturated carbocycles. The third-order valence-corrected chi connectivity index (χ3v) is 3.72. The summed E-state index contributed by atoms with van der Waals surface area (Å²) in [7, 11) is 0. The van der Waals surface area contributed by atoms with Gasteiger partial charge in [-0.3, -0.25) is 10.5 Å². The van der Waals surface area contributed by atoms with Crippen molar-refractivity contribution in [1.29, 1.82) is 0 Å². The van der Waals surface area contributed by atoms with E-state index in [1.807, 2.05) is 41.0 Å². The fourth-order valence-electron chi connectivity index (χ4n) is 2.60. The second kappa shape index (κ2) is 5.89. The molecule has 22 heavy (non-hydrogen) atoms. The van der Waals surface area contributed by atoms with Crippen molar-refractivity contribution in [3.05, 3.63) is 59.7 Å². The average Bonchev–Trinajstić information content (AvgIpc) is 2.81. The zero-order valence-corrected chi connectivity index (χ0v) is 12.1. The number of H-pyrrole nitrogens is 1. The van der Waals surface area contributed by atoms with E-state index in [-0.39, 0.29) is 6.42 Å². The Balaban J connectivity index is 1.91. The molecule has 0 radical (unpaired) electrons. The smallest absolute Gasteiger partial charge is 0.353 e. The quantitative estimate of drug-likeness (QED) is 0.631. The third kappa shape index (κ3) is 2.93. The van der Waals surface area contributed by atoms with Crippen LogP contribution in [-0.2, 0) is 17.8 Å². The van der Waals surface area contributed by atoms with Crippen LogP contribution in [-0.4, -0.2) is 16.1 Å². The molecular weight excluding hydrogens is 278 g/mol. The second-order valence-corrected chi connectivity index (χ2v) is 5.33. The summed E-state index contributed by atoms with van der Waals surface area (Å²) in [5.74, 6) is -0.195. The lowest BCUT2D eigenvalue weighted by molar-refractivity contribution is -0.647. The highest BCUT2D eigenvalue weighted by atomic mass is 16.4. The molecule has 112 valence electrons. The topological polar surface area (TPSA) is 83.0 Å². The normalized spacial score (nSPS) is 10.9. The van der Waals surface area contributed by atoms with E-state index in [0.717, 1.165) is 16.6 Å². The number of nitrogens with two attached hydrogens (primary N) is 1. The molecule has 3 aromatic rings. The number of imidazole rings is 1. The van der Waals surface area contributed by atoms with E-state index in [0.29, 0.717) is 18.9 Å². The lowest BCUT2D eigenvalue weighted by Crippen LogP contribution is -2.36. The van der Waals surface area contributed by atoms with Crippen LogP contribution in [0.15, 0.2) is 48.5 Å². The molecular formula is C17H18N3O2+. The predicted octanol–water partition coefficient (Wildman–Crippen LogP) is 2.10. The Morgan fingerprint density at radius 2 is 1.91 bits per heavy atom. The number of carboxylic acids is 1. The molecule has 0 aliphatic rings. The summed E-state index contributed by atoms with van der Waals surface area (Å²) in [5, 5.41) is 8.77. The van der Waals surface area contributed by atoms with Gasteiger partial charge >= 0.3 is 11.9 Å². The van der Waals surface area contributed by atoms with Crippen molar-refractivity contribution < 1.29 is 14.5 Å². The maximum Gasteiger partial charge on any atom is 0.353 e. The van der Waals surface area contributed by atoms with E-state index in [1.165, 1.54) is 5.56 Å². The van der Waals surface area contributed by atoms with Gasteiger partial charge in [0.25, 0.3) is 0 Å². The lowest BCUT2D eigenvalue weighted by Gasteiger charge is -2.02. The van der Waals surface area contributed by atoms with Crippen molar-refractivity contribution in [1.82, 2.24) is 4.98 Å². The lowest BCUT2D eigenvalue weighted by atomic mass is 10.1. The van der Waals surface area contributed by atoms with E-state index in [2.05, 4.69) is 17.1 Å². The van der Waals surface area contributed by atoms with Crippen LogP contribution in [0.1, 0.15) is 17.5 Å². The Kier molecular flexibility index (Phi) is 3.78. The Labute approximate surface area is 128 Å². The number of hydrogen-bond donors (Lipinski definition) is 3. The van der Waals surface area contributed by atoms with Crippen LogP contribution in [0.25, 0.3) is 11.0 Å². The van der Waals surface area contributed by atoms with Crippen molar-refractivity contribution in [2.24, 2.45) is 0 Å². The zero-order chi connectivity index (χ0) is 15.5. The first-order valence-corrected chi connectivity index (χ1v) is 7.19. The van der Waals surface area contributed by atoms with Crippen LogP contribution in [0.5, 0.6) is 0 Å². The van der Waals surface area contributed by atoms with Gasteiger partial charge in [-0.15, -0.1) is 0 Å². The fraction of sp³-hybridized carbons (Fsp3) is 0.176. The number of carbonyl (C=O) groups is 1. The van der Waals surface area contributed by atoms with E-state index in [4.69, 9.17) is 10.8 Å². The van der Waals surface area contributed by atoms with Gasteiger partial charge < -0.3 is 5.11 Å². The number of benzene rings is 2. The van der Waals surface area contributed by atoms with Crippen LogP contribution in [0, 0.1) is 0 Å². The van der Waals surface area contributed by atoms with Gasteiger partial charge in [0.2, 0.25) is 0 Å². The molecule has 0 bridgehead atoms. The highest BCUT2D eigenvalue weighted by molar-refractivity contribution is 5.74. The molecule has 0 atom stereocenters. The molecule has 0 aliphatic carbocycles. The Morgan fingerprint density at radius 1 is 1.14 bits per heavy atom. The van der Waals surface area contributed by atoms with E-state index >= 15 is 0 Å². The van der Waals surface area contributed by atoms with Gasteiger partial charge in [0.15, 0.2) is 0 Å². The molecule has 0 aliphatic heterocycles. The van der Waals surface area contributed by atoms with Gasteiger partial charge in [0.05, 0.1) is 6.54 Å². The summed E-state index contributed by atoms with van der Waals surface area (Å²) in [6.07, 6.45) is 0.647. The summed E-state index contributed by atoms with van der Waals surface area (Å²) in [5.41, 5.74) is 10.2. The second-order valence-electron chi connectivity index (χ2n) is 5.33. The summed E-state index contributed by atoms with van der Waals surface area (Å²) in [4.78, 5) is 13.8. The van der Waals surface area contributed by atoms with Crippen molar-refractivity contribution in [3.63, 3.8) is 0 Å². The molecule has 0 spiro atoms. The standard InChI is InChI=1S/C17H17N3O2/c18-17-19-14-10-12(7-9-16(21)22)6-8-15(14)20(17)11-13-4-2-1-3-5-13/h1-6,8,10H,7,9,11H2,(H3,18,19,21,22)/p+1. The van der Waals surface area contributed by atoms with Crippen molar-refractivity contribution in [2.45, 2.75) is 19.4 Å². The highest BCUT2D eigenvalue weighted by Crippen LogP contribution is 2.15. The number of rotatable bonds is 5. The van der Waals surface area contributed by atoms with Gasteiger partial charge in [-0.05, 0) is 29.7 Å². The van der Waals surface area contributed by atoms with Crippen LogP contribution in [0.4, 0.5) is 5.95 Å². The summed E-state index contributed by atoms with van der Waals surface area (Å²) in [6.45, 7) is 0.696. The van der Waals surface area contributed by atoms with E-state index in [1.54, 1.807) is 0 Å². The Bertz CT molecular complexity index is 809. The van der Waals surface area contributed by atoms with Gasteiger partial charge in [-0.25, -0.2) is 9.55 Å². The van der Waals surface area contributed by atoms with Gasteiger partial charge in [0.1, 0.15) is 11.0 Å². The number of aliphatic carboxylic acids is 1. The first kappa shape index (κ1) is 14.1. The number of carboxylic acid groups (broad SMARTS) is 1. The minimum Gasteiger partial charge on any atom is -0.481 e. The number of anilines is 1. The number of nitrogens with zero attached hydrogens (tertiary/aromatic N) is 1. The maximum atomic E-state index is 10.7. The monoisotopic (exact) mass is 296 g/mol. The van der Waals surface area contributed by atoms with Crippen molar-refractivity contribution in [3.8, 4) is 0 Å². The molecule has 3 rings (SSSR count). The molecule has 0 unspecified atom stereocenters. The molecule has 1 aromatic heterocycles. The van der Waals surface area contributed by atoms with Crippen molar-refractivity contribution >= 4 is 23.0 Å². The van der Waals surface area contributed by atoms with Gasteiger partial charge in [-0.2, -0.15) is 0 Å². The summed E-state index contributed by atoms with van der Waals surface area (Å²) < 4.78 is 2.02. The fourth-order valence-corrected chi connectivity index (χ4v) is 2.60. The number of fused-ring (bicyclic) bond motifs is 1. The Hall–Kier alpha value is -2.82. The van der Waals surface area contributed by atoms with E-state index in [9.17, 15) is 4.79 Å². The molecule has 0 fully saturated rings. The number of aromatic nitrogens is 2. The highest BCUT2D eigenvalue weighted by Gasteiger charge is 2.15. The first-order valence-electron chi connectivity index (χ1n) is 7.19.